The summed E-state index contributed by atoms with van der Waals surface area (Å²) in [6, 6.07) is 1.61. The van der Waals surface area contributed by atoms with Crippen LogP contribution >= 0.6 is 0 Å². The molecule has 0 unspecified atom stereocenters. The van der Waals surface area contributed by atoms with Crippen LogP contribution in [0.1, 0.15) is 15.9 Å². The van der Waals surface area contributed by atoms with E-state index < -0.39 is 6.09 Å². The topological polar surface area (TPSA) is 70.5 Å². The lowest BCUT2D eigenvalue weighted by atomic mass is 10.2. The first-order chi connectivity index (χ1) is 6.63. The minimum absolute atomic E-state index is 0.226. The normalized spacial score (nSPS) is 9.50. The molecule has 74 valence electrons. The van der Waals surface area contributed by atoms with Crippen LogP contribution in [-0.2, 0) is 6.54 Å². The number of rotatable bonds is 3. The zero-order chi connectivity index (χ0) is 10.6. The first kappa shape index (κ1) is 10.2. The predicted octanol–water partition coefficient (Wildman–Crippen LogP) is 1.00. The number of aldehydes is 1. The predicted molar refractivity (Wildman–Crippen MR) is 49.1 cm³/mol. The van der Waals surface area contributed by atoms with Crippen LogP contribution in [0.15, 0.2) is 18.5 Å². The maximum Gasteiger partial charge on any atom is 0.407 e. The van der Waals surface area contributed by atoms with E-state index in [1.165, 1.54) is 19.4 Å². The fourth-order valence-corrected chi connectivity index (χ4v) is 1.00. The summed E-state index contributed by atoms with van der Waals surface area (Å²) in [6.07, 6.45) is 2.63. The summed E-state index contributed by atoms with van der Waals surface area (Å²) in [6.45, 7) is 0.226. The number of hydrogen-bond donors (Lipinski definition) is 1. The smallest absolute Gasteiger partial charge is 0.407 e. The lowest BCUT2D eigenvalue weighted by Crippen LogP contribution is -2.23. The van der Waals surface area contributed by atoms with Gasteiger partial charge in [-0.15, -0.1) is 0 Å². The molecule has 1 amide bonds. The van der Waals surface area contributed by atoms with Gasteiger partial charge in [0.05, 0.1) is 6.54 Å². The van der Waals surface area contributed by atoms with Crippen molar-refractivity contribution in [3.8, 4) is 0 Å². The van der Waals surface area contributed by atoms with Crippen molar-refractivity contribution in [1.82, 2.24) is 9.88 Å². The third kappa shape index (κ3) is 2.55. The van der Waals surface area contributed by atoms with Gasteiger partial charge in [-0.05, 0) is 11.6 Å². The number of aromatic nitrogens is 1. The molecule has 1 aromatic rings. The largest absolute Gasteiger partial charge is 0.465 e. The highest BCUT2D eigenvalue weighted by atomic mass is 16.4. The van der Waals surface area contributed by atoms with E-state index >= 15 is 0 Å². The number of carbonyl (C=O) groups is 2. The summed E-state index contributed by atoms with van der Waals surface area (Å²) < 4.78 is 0. The number of nitrogens with zero attached hydrogens (tertiary/aromatic N) is 2. The van der Waals surface area contributed by atoms with Crippen molar-refractivity contribution >= 4 is 12.4 Å². The molecule has 0 spiro atoms. The minimum Gasteiger partial charge on any atom is -0.465 e. The SMILES string of the molecule is CN(Cc1cncc(C=O)c1)C(=O)O. The van der Waals surface area contributed by atoms with Gasteiger partial charge in [0, 0.05) is 25.0 Å². The molecular formula is C9H10N2O3. The zero-order valence-electron chi connectivity index (χ0n) is 7.67. The van der Waals surface area contributed by atoms with E-state index in [0.717, 1.165) is 4.90 Å². The van der Waals surface area contributed by atoms with Gasteiger partial charge in [0.15, 0.2) is 6.29 Å². The van der Waals surface area contributed by atoms with Crippen LogP contribution < -0.4 is 0 Å². The third-order valence-electron chi connectivity index (χ3n) is 1.70. The van der Waals surface area contributed by atoms with Crippen LogP contribution in [0, 0.1) is 0 Å². The van der Waals surface area contributed by atoms with Crippen LogP contribution in [0.5, 0.6) is 0 Å². The van der Waals surface area contributed by atoms with E-state index in [0.29, 0.717) is 17.4 Å². The molecule has 1 rings (SSSR count). The quantitative estimate of drug-likeness (QED) is 0.729. The van der Waals surface area contributed by atoms with E-state index in [-0.39, 0.29) is 6.54 Å². The van der Waals surface area contributed by atoms with Gasteiger partial charge < -0.3 is 10.0 Å². The van der Waals surface area contributed by atoms with Crippen molar-refractivity contribution in [2.24, 2.45) is 0 Å². The Morgan fingerprint density at radius 3 is 2.93 bits per heavy atom. The molecule has 0 radical (unpaired) electrons. The maximum absolute atomic E-state index is 10.5. The Balaban J connectivity index is 2.76. The Morgan fingerprint density at radius 1 is 1.64 bits per heavy atom. The average Bonchev–Trinajstić information content (AvgIpc) is 2.18. The summed E-state index contributed by atoms with van der Waals surface area (Å²) in [7, 11) is 1.45. The van der Waals surface area contributed by atoms with Crippen LogP contribution in [-0.4, -0.2) is 34.4 Å². The Hall–Kier alpha value is -1.91. The van der Waals surface area contributed by atoms with Gasteiger partial charge in [-0.3, -0.25) is 9.78 Å². The highest BCUT2D eigenvalue weighted by Gasteiger charge is 2.06. The Kier molecular flexibility index (Phi) is 3.17. The lowest BCUT2D eigenvalue weighted by Gasteiger charge is -2.12. The second-order valence-corrected chi connectivity index (χ2v) is 2.88. The van der Waals surface area contributed by atoms with Crippen molar-refractivity contribution in [2.45, 2.75) is 6.54 Å². The first-order valence-corrected chi connectivity index (χ1v) is 3.96. The fraction of sp³-hybridized carbons (Fsp3) is 0.222. The lowest BCUT2D eigenvalue weighted by molar-refractivity contribution is 0.112. The molecule has 0 aliphatic heterocycles. The number of hydrogen-bond acceptors (Lipinski definition) is 3. The molecule has 1 aromatic heterocycles. The van der Waals surface area contributed by atoms with Crippen molar-refractivity contribution < 1.29 is 14.7 Å². The van der Waals surface area contributed by atoms with Crippen LogP contribution in [0.2, 0.25) is 0 Å². The van der Waals surface area contributed by atoms with Crippen molar-refractivity contribution in [3.63, 3.8) is 0 Å². The van der Waals surface area contributed by atoms with Gasteiger partial charge in [0.25, 0.3) is 0 Å². The van der Waals surface area contributed by atoms with E-state index in [1.807, 2.05) is 0 Å². The molecule has 0 fully saturated rings. The van der Waals surface area contributed by atoms with Gasteiger partial charge in [-0.1, -0.05) is 0 Å². The average molecular weight is 194 g/mol. The highest BCUT2D eigenvalue weighted by Crippen LogP contribution is 2.03. The van der Waals surface area contributed by atoms with E-state index in [1.54, 1.807) is 6.07 Å². The molecule has 0 aromatic carbocycles. The molecule has 1 heterocycles. The molecule has 0 atom stereocenters. The van der Waals surface area contributed by atoms with Crippen molar-refractivity contribution in [2.75, 3.05) is 7.05 Å². The summed E-state index contributed by atoms with van der Waals surface area (Å²) in [5.41, 5.74) is 1.14. The molecule has 0 bridgehead atoms. The van der Waals surface area contributed by atoms with Crippen LogP contribution in [0.3, 0.4) is 0 Å². The van der Waals surface area contributed by atoms with Gasteiger partial charge in [-0.2, -0.15) is 0 Å². The molecule has 0 aliphatic rings. The minimum atomic E-state index is -1.01. The highest BCUT2D eigenvalue weighted by molar-refractivity contribution is 5.74. The van der Waals surface area contributed by atoms with Gasteiger partial charge >= 0.3 is 6.09 Å². The first-order valence-electron chi connectivity index (χ1n) is 3.96. The fourth-order valence-electron chi connectivity index (χ4n) is 1.00. The molecular weight excluding hydrogens is 184 g/mol. The Labute approximate surface area is 81.0 Å². The van der Waals surface area contributed by atoms with Gasteiger partial charge in [-0.25, -0.2) is 4.79 Å². The Morgan fingerprint density at radius 2 is 2.36 bits per heavy atom. The van der Waals surface area contributed by atoms with Crippen LogP contribution in [0.4, 0.5) is 4.79 Å². The zero-order valence-corrected chi connectivity index (χ0v) is 7.67. The monoisotopic (exact) mass is 194 g/mol. The number of amides is 1. The summed E-state index contributed by atoms with van der Waals surface area (Å²) >= 11 is 0. The molecule has 0 aliphatic carbocycles. The summed E-state index contributed by atoms with van der Waals surface area (Å²) in [5.74, 6) is 0. The number of carboxylic acid groups (broad SMARTS) is 1. The second-order valence-electron chi connectivity index (χ2n) is 2.88. The molecule has 0 saturated heterocycles. The van der Waals surface area contributed by atoms with E-state index in [4.69, 9.17) is 5.11 Å². The molecule has 5 nitrogen and oxygen atoms in total. The number of pyridine rings is 1. The number of carbonyl (C=O) groups excluding carboxylic acids is 1. The summed E-state index contributed by atoms with van der Waals surface area (Å²) in [5, 5.41) is 8.61. The Bertz CT molecular complexity index is 352. The van der Waals surface area contributed by atoms with Crippen molar-refractivity contribution in [1.29, 1.82) is 0 Å². The van der Waals surface area contributed by atoms with Crippen molar-refractivity contribution in [3.05, 3.63) is 29.6 Å². The molecule has 0 saturated carbocycles. The summed E-state index contributed by atoms with van der Waals surface area (Å²) in [4.78, 5) is 25.8. The standard InChI is InChI=1S/C9H10N2O3/c1-11(9(13)14)5-7-2-8(6-12)4-10-3-7/h2-4,6H,5H2,1H3,(H,13,14). The van der Waals surface area contributed by atoms with Gasteiger partial charge in [0.2, 0.25) is 0 Å². The van der Waals surface area contributed by atoms with Crippen LogP contribution in [0.25, 0.3) is 0 Å². The van der Waals surface area contributed by atoms with Gasteiger partial charge in [0.1, 0.15) is 0 Å². The third-order valence-corrected chi connectivity index (χ3v) is 1.70. The molecule has 1 N–H and O–H groups in total. The van der Waals surface area contributed by atoms with E-state index in [2.05, 4.69) is 4.98 Å². The molecule has 5 heteroatoms. The molecule has 14 heavy (non-hydrogen) atoms. The second kappa shape index (κ2) is 4.36. The van der Waals surface area contributed by atoms with E-state index in [9.17, 15) is 9.59 Å². The maximum atomic E-state index is 10.5.